The number of halogens is 2. The molecule has 0 fully saturated rings. The van der Waals surface area contributed by atoms with Crippen molar-refractivity contribution in [3.63, 3.8) is 0 Å². The van der Waals surface area contributed by atoms with Crippen molar-refractivity contribution in [1.82, 2.24) is 9.97 Å². The Morgan fingerprint density at radius 3 is 3.08 bits per heavy atom. The van der Waals surface area contributed by atoms with Gasteiger partial charge < -0.3 is 5.73 Å². The monoisotopic (exact) mass is 355 g/mol. The minimum Gasteiger partial charge on any atom is -0.381 e. The molecule has 1 aromatic rings. The van der Waals surface area contributed by atoms with E-state index in [2.05, 4.69) is 58.3 Å². The van der Waals surface area contributed by atoms with E-state index in [1.54, 1.807) is 0 Å². The molecule has 0 unspecified atom stereocenters. The molecule has 0 bridgehead atoms. The summed E-state index contributed by atoms with van der Waals surface area (Å²) in [4.78, 5) is 7.93. The van der Waals surface area contributed by atoms with Crippen LogP contribution in [0.4, 0.5) is 5.82 Å². The molecule has 0 aliphatic carbocycles. The van der Waals surface area contributed by atoms with Crippen molar-refractivity contribution in [3.05, 3.63) is 16.5 Å². The zero-order valence-electron chi connectivity index (χ0n) is 5.71. The van der Waals surface area contributed by atoms with Crippen LogP contribution in [0, 0.1) is 11.2 Å². The fraction of sp³-hybridized carbons (Fsp3) is 0. The Labute approximate surface area is 94.6 Å². The largest absolute Gasteiger partial charge is 0.381 e. The van der Waals surface area contributed by atoms with Crippen LogP contribution in [0.25, 0.3) is 0 Å². The maximum atomic E-state index is 5.52. The highest BCUT2D eigenvalue weighted by Crippen LogP contribution is 2.11. The topological polar surface area (TPSA) is 51.8 Å². The van der Waals surface area contributed by atoms with Crippen LogP contribution in [0.2, 0.25) is 0 Å². The zero-order chi connectivity index (χ0) is 8.97. The molecule has 0 saturated heterocycles. The quantitative estimate of drug-likeness (QED) is 0.572. The van der Waals surface area contributed by atoms with Gasteiger partial charge in [0.2, 0.25) is 0 Å². The molecule has 6 heteroatoms. The van der Waals surface area contributed by atoms with Crippen molar-refractivity contribution < 1.29 is 0 Å². The van der Waals surface area contributed by atoms with Crippen molar-refractivity contribution in [1.29, 1.82) is 0 Å². The van der Waals surface area contributed by atoms with Crippen molar-refractivity contribution in [2.24, 2.45) is 0 Å². The first-order valence-corrected chi connectivity index (χ1v) is 6.96. The third kappa shape index (κ3) is 2.80. The highest BCUT2D eigenvalue weighted by molar-refractivity contribution is 14.2. The Morgan fingerprint density at radius 1 is 1.67 bits per heavy atom. The van der Waals surface area contributed by atoms with Crippen LogP contribution in [-0.4, -0.2) is 9.97 Å². The molecule has 1 rings (SSSR count). The van der Waals surface area contributed by atoms with Crippen LogP contribution >= 0.6 is 46.1 Å². The summed E-state index contributed by atoms with van der Waals surface area (Å²) in [5, 5.41) is 2.78. The first-order valence-electron chi connectivity index (χ1n) is 2.80. The van der Waals surface area contributed by atoms with Gasteiger partial charge in [-0.3, -0.25) is 0 Å². The summed E-state index contributed by atoms with van der Waals surface area (Å²) in [6.07, 6.45) is 1.54. The lowest BCUT2D eigenvalue weighted by Crippen LogP contribution is -1.97. The fourth-order valence-corrected chi connectivity index (χ4v) is 1.28. The zero-order valence-corrected chi connectivity index (χ0v) is 10.3. The van der Waals surface area contributed by atoms with E-state index in [9.17, 15) is 0 Å². The van der Waals surface area contributed by atoms with Gasteiger partial charge in [0, 0.05) is 21.2 Å². The number of rotatable bonds is 0. The van der Waals surface area contributed by atoms with Gasteiger partial charge in [-0.15, -0.1) is 0 Å². The first kappa shape index (κ1) is 10.1. The van der Waals surface area contributed by atoms with Gasteiger partial charge in [-0.1, -0.05) is 0 Å². The predicted octanol–water partition coefficient (Wildman–Crippen LogP) is 2.21. The van der Waals surface area contributed by atoms with Crippen LogP contribution in [0.15, 0.2) is 10.8 Å². The predicted molar refractivity (Wildman–Crippen MR) is 62.6 cm³/mol. The number of nitrogens with zero attached hydrogens (tertiary/aromatic N) is 2. The average Bonchev–Trinajstić information content (AvgIpc) is 2.07. The lowest BCUT2D eigenvalue weighted by molar-refractivity contribution is 1.15. The van der Waals surface area contributed by atoms with Gasteiger partial charge in [-0.05, 0) is 36.0 Å². The summed E-state index contributed by atoms with van der Waals surface area (Å²) in [7, 11) is 1.38. The van der Waals surface area contributed by atoms with Crippen LogP contribution in [0.5, 0.6) is 0 Å². The lowest BCUT2D eigenvalue weighted by Gasteiger charge is -1.94. The van der Waals surface area contributed by atoms with Gasteiger partial charge in [0.15, 0.2) is 11.5 Å². The molecule has 0 atom stereocenters. The van der Waals surface area contributed by atoms with Crippen LogP contribution in [0.1, 0.15) is 5.69 Å². The van der Waals surface area contributed by atoms with E-state index in [0.717, 1.165) is 0 Å². The summed E-state index contributed by atoms with van der Waals surface area (Å²) in [6.45, 7) is 0. The minimum atomic E-state index is 0.358. The number of anilines is 1. The number of hydrogen-bond donors (Lipinski definition) is 1. The second-order valence-electron chi connectivity index (χ2n) is 1.73. The Balaban J connectivity index is 3.05. The van der Waals surface area contributed by atoms with Gasteiger partial charge in [0.1, 0.15) is 4.60 Å². The summed E-state index contributed by atoms with van der Waals surface area (Å²) in [6, 6.07) is 0. The lowest BCUT2D eigenvalue weighted by atomic mass is 10.4. The Bertz CT molecular complexity index is 346. The van der Waals surface area contributed by atoms with Gasteiger partial charge in [0.05, 0.1) is 6.20 Å². The van der Waals surface area contributed by atoms with Crippen molar-refractivity contribution in [2.75, 3.05) is 5.73 Å². The van der Waals surface area contributed by atoms with Crippen LogP contribution in [0.3, 0.4) is 0 Å². The molecule has 0 aromatic carbocycles. The molecule has 0 radical (unpaired) electrons. The van der Waals surface area contributed by atoms with Crippen molar-refractivity contribution >= 4 is 51.9 Å². The molecule has 3 nitrogen and oxygen atoms in total. The van der Waals surface area contributed by atoms with E-state index >= 15 is 0 Å². The molecule has 1 aromatic heterocycles. The average molecular weight is 356 g/mol. The third-order valence-corrected chi connectivity index (χ3v) is 2.20. The van der Waals surface area contributed by atoms with E-state index < -0.39 is 0 Å². The molecule has 1 heterocycles. The van der Waals surface area contributed by atoms with Gasteiger partial charge >= 0.3 is 0 Å². The van der Waals surface area contributed by atoms with Gasteiger partial charge in [-0.25, -0.2) is 9.97 Å². The summed E-state index contributed by atoms with van der Waals surface area (Å²) in [5.74, 6) is 3.14. The second kappa shape index (κ2) is 4.89. The van der Waals surface area contributed by atoms with Gasteiger partial charge in [0.25, 0.3) is 0 Å². The second-order valence-corrected chi connectivity index (χ2v) is 4.22. The van der Waals surface area contributed by atoms with E-state index in [-0.39, 0.29) is 0 Å². The van der Waals surface area contributed by atoms with Gasteiger partial charge in [-0.2, -0.15) is 0 Å². The number of nitrogens with two attached hydrogens (primary N) is 1. The maximum Gasteiger partial charge on any atom is 0.158 e. The first-order chi connectivity index (χ1) is 5.74. The van der Waals surface area contributed by atoms with E-state index in [1.807, 2.05) is 0 Å². The standard InChI is InChI=1S/C6H3BrIN3S/c7-5-3-10-6(9)4(11-5)1-2-12-8/h3H,(H2,9,10). The Morgan fingerprint density at radius 2 is 2.42 bits per heavy atom. The van der Waals surface area contributed by atoms with E-state index in [4.69, 9.17) is 5.73 Å². The SMILES string of the molecule is Nc1ncc(Br)nc1C#CSI. The smallest absolute Gasteiger partial charge is 0.158 e. The molecule has 12 heavy (non-hydrogen) atoms. The number of nitrogen functional groups attached to an aromatic ring is 1. The fourth-order valence-electron chi connectivity index (χ4n) is 0.537. The molecule has 0 saturated carbocycles. The molecule has 0 aliphatic heterocycles. The highest BCUT2D eigenvalue weighted by Gasteiger charge is 1.98. The van der Waals surface area contributed by atoms with Crippen LogP contribution < -0.4 is 5.73 Å². The molecule has 0 spiro atoms. The summed E-state index contributed by atoms with van der Waals surface area (Å²) < 4.78 is 0.638. The van der Waals surface area contributed by atoms with Crippen molar-refractivity contribution in [2.45, 2.75) is 0 Å². The normalized spacial score (nSPS) is 8.83. The maximum absolute atomic E-state index is 5.52. The third-order valence-electron chi connectivity index (χ3n) is 0.979. The van der Waals surface area contributed by atoms with Crippen LogP contribution in [-0.2, 0) is 0 Å². The van der Waals surface area contributed by atoms with Crippen molar-refractivity contribution in [3.8, 4) is 11.2 Å². The van der Waals surface area contributed by atoms with E-state index in [1.165, 1.54) is 15.1 Å². The minimum absolute atomic E-state index is 0.358. The Hall–Kier alpha value is -0.000000000000000111. The molecule has 0 aliphatic rings. The molecular weight excluding hydrogens is 353 g/mol. The van der Waals surface area contributed by atoms with E-state index in [0.29, 0.717) is 16.1 Å². The number of aromatic nitrogens is 2. The summed E-state index contributed by atoms with van der Waals surface area (Å²) in [5.41, 5.74) is 6.03. The molecule has 62 valence electrons. The summed E-state index contributed by atoms with van der Waals surface area (Å²) >= 11 is 5.26. The highest BCUT2D eigenvalue weighted by atomic mass is 127. The Kier molecular flexibility index (Phi) is 4.11. The number of hydrogen-bond acceptors (Lipinski definition) is 4. The molecule has 2 N–H and O–H groups in total. The molecule has 0 amide bonds. The molecular formula is C6H3BrIN3S.